The molecule has 14 heavy (non-hydrogen) atoms. The molecule has 2 bridgehead atoms. The van der Waals surface area contributed by atoms with E-state index in [1.165, 1.54) is 6.42 Å². The van der Waals surface area contributed by atoms with Gasteiger partial charge < -0.3 is 5.32 Å². The average Bonchev–Trinajstić information content (AvgIpc) is 2.61. The van der Waals surface area contributed by atoms with Crippen LogP contribution in [0.2, 0.25) is 0 Å². The molecule has 0 saturated heterocycles. The Morgan fingerprint density at radius 3 is 2.57 bits per heavy atom. The number of carbonyl (C=O) groups excluding carboxylic acids is 1. The molecule has 2 rings (SSSR count). The van der Waals surface area contributed by atoms with E-state index in [9.17, 15) is 4.79 Å². The van der Waals surface area contributed by atoms with Crippen LogP contribution >= 0.6 is 0 Å². The summed E-state index contributed by atoms with van der Waals surface area (Å²) in [7, 11) is 0. The molecular weight excluding hydrogens is 174 g/mol. The van der Waals surface area contributed by atoms with Gasteiger partial charge in [0.05, 0.1) is 0 Å². The van der Waals surface area contributed by atoms with E-state index in [1.807, 2.05) is 0 Å². The van der Waals surface area contributed by atoms with Crippen LogP contribution in [0.1, 0.15) is 27.2 Å². The number of fused-ring (bicyclic) bond motifs is 2. The maximum atomic E-state index is 11.1. The van der Waals surface area contributed by atoms with Gasteiger partial charge in [-0.3, -0.25) is 4.79 Å². The minimum absolute atomic E-state index is 0.113. The minimum Gasteiger partial charge on any atom is -0.353 e. The molecule has 2 aliphatic rings. The van der Waals surface area contributed by atoms with E-state index in [4.69, 9.17) is 0 Å². The second kappa shape index (κ2) is 3.41. The van der Waals surface area contributed by atoms with Crippen molar-refractivity contribution in [2.75, 3.05) is 0 Å². The van der Waals surface area contributed by atoms with Crippen molar-refractivity contribution >= 4 is 5.91 Å². The molecule has 2 nitrogen and oxygen atoms in total. The normalized spacial score (nSPS) is 39.4. The van der Waals surface area contributed by atoms with E-state index in [-0.39, 0.29) is 5.91 Å². The second-order valence-electron chi connectivity index (χ2n) is 5.00. The Hall–Kier alpha value is -0.790. The predicted molar refractivity (Wildman–Crippen MR) is 56.7 cm³/mol. The Kier molecular flexibility index (Phi) is 2.38. The first-order chi connectivity index (χ1) is 6.59. The number of amides is 1. The fraction of sp³-hybridized carbons (Fsp3) is 0.750. The molecule has 0 heterocycles. The van der Waals surface area contributed by atoms with Crippen molar-refractivity contribution < 1.29 is 4.79 Å². The fourth-order valence-corrected chi connectivity index (χ4v) is 3.21. The van der Waals surface area contributed by atoms with Crippen molar-refractivity contribution in [2.24, 2.45) is 23.7 Å². The molecule has 0 aromatic rings. The fourth-order valence-electron chi connectivity index (χ4n) is 3.21. The molecule has 0 aromatic carbocycles. The Balaban J connectivity index is 2.14. The molecule has 2 aliphatic carbocycles. The van der Waals surface area contributed by atoms with Crippen LogP contribution < -0.4 is 5.32 Å². The standard InChI is InChI=1S/C12H19NO/c1-7(2)11-9-4-5-10(6-9)12(11)13-8(3)14/h4-5,7,9-12H,6H2,1-3H3,(H,13,14)/t9-,10+,11?,12+/m0/s1. The summed E-state index contributed by atoms with van der Waals surface area (Å²) in [6.45, 7) is 6.13. The third-order valence-corrected chi connectivity index (χ3v) is 3.66. The van der Waals surface area contributed by atoms with Gasteiger partial charge in [0.1, 0.15) is 0 Å². The Labute approximate surface area is 85.8 Å². The summed E-state index contributed by atoms with van der Waals surface area (Å²) in [6.07, 6.45) is 5.87. The van der Waals surface area contributed by atoms with Gasteiger partial charge >= 0.3 is 0 Å². The average molecular weight is 193 g/mol. The van der Waals surface area contributed by atoms with Crippen LogP contribution in [0.3, 0.4) is 0 Å². The highest BCUT2D eigenvalue weighted by atomic mass is 16.1. The summed E-state index contributed by atoms with van der Waals surface area (Å²) in [5, 5.41) is 3.11. The van der Waals surface area contributed by atoms with Crippen LogP contribution in [0.15, 0.2) is 12.2 Å². The van der Waals surface area contributed by atoms with E-state index in [0.29, 0.717) is 29.7 Å². The van der Waals surface area contributed by atoms with E-state index >= 15 is 0 Å². The molecule has 0 aliphatic heterocycles. The smallest absolute Gasteiger partial charge is 0.217 e. The predicted octanol–water partition coefficient (Wildman–Crippen LogP) is 1.97. The van der Waals surface area contributed by atoms with Crippen LogP contribution in [0, 0.1) is 23.7 Å². The number of hydrogen-bond acceptors (Lipinski definition) is 1. The second-order valence-corrected chi connectivity index (χ2v) is 5.00. The summed E-state index contributed by atoms with van der Waals surface area (Å²) in [5.74, 6) is 2.72. The maximum Gasteiger partial charge on any atom is 0.217 e. The van der Waals surface area contributed by atoms with Crippen LogP contribution in [0.25, 0.3) is 0 Å². The minimum atomic E-state index is 0.113. The lowest BCUT2D eigenvalue weighted by molar-refractivity contribution is -0.120. The number of nitrogens with one attached hydrogen (secondary N) is 1. The first-order valence-corrected chi connectivity index (χ1v) is 5.55. The van der Waals surface area contributed by atoms with Crippen molar-refractivity contribution in [3.05, 3.63) is 12.2 Å². The van der Waals surface area contributed by atoms with Gasteiger partial charge in [0.15, 0.2) is 0 Å². The highest BCUT2D eigenvalue weighted by Gasteiger charge is 2.45. The Bertz CT molecular complexity index is 269. The van der Waals surface area contributed by atoms with Gasteiger partial charge in [-0.05, 0) is 30.1 Å². The number of carbonyl (C=O) groups is 1. The highest BCUT2D eigenvalue weighted by molar-refractivity contribution is 5.73. The number of allylic oxidation sites excluding steroid dienone is 1. The van der Waals surface area contributed by atoms with Crippen LogP contribution in [-0.4, -0.2) is 11.9 Å². The van der Waals surface area contributed by atoms with Crippen LogP contribution in [0.5, 0.6) is 0 Å². The molecule has 0 aromatic heterocycles. The molecule has 1 saturated carbocycles. The van der Waals surface area contributed by atoms with Crippen LogP contribution in [0.4, 0.5) is 0 Å². The van der Waals surface area contributed by atoms with E-state index in [0.717, 1.165) is 0 Å². The molecule has 0 radical (unpaired) electrons. The molecule has 1 unspecified atom stereocenters. The zero-order valence-electron chi connectivity index (χ0n) is 9.16. The van der Waals surface area contributed by atoms with Crippen molar-refractivity contribution in [2.45, 2.75) is 33.2 Å². The summed E-state index contributed by atoms with van der Waals surface area (Å²) in [6, 6.07) is 0.391. The zero-order chi connectivity index (χ0) is 10.3. The maximum absolute atomic E-state index is 11.1. The lowest BCUT2D eigenvalue weighted by atomic mass is 9.80. The molecule has 1 amide bonds. The topological polar surface area (TPSA) is 29.1 Å². The van der Waals surface area contributed by atoms with Gasteiger partial charge in [-0.2, -0.15) is 0 Å². The summed E-state index contributed by atoms with van der Waals surface area (Å²) < 4.78 is 0. The molecule has 1 fully saturated rings. The Morgan fingerprint density at radius 2 is 2.00 bits per heavy atom. The first-order valence-electron chi connectivity index (χ1n) is 5.55. The molecule has 0 spiro atoms. The Morgan fingerprint density at radius 1 is 1.36 bits per heavy atom. The lowest BCUT2D eigenvalue weighted by Crippen LogP contribution is -2.43. The van der Waals surface area contributed by atoms with Crippen LogP contribution in [-0.2, 0) is 4.79 Å². The molecule has 78 valence electrons. The lowest BCUT2D eigenvalue weighted by Gasteiger charge is -2.31. The summed E-state index contributed by atoms with van der Waals surface area (Å²) >= 11 is 0. The van der Waals surface area contributed by atoms with E-state index in [1.54, 1.807) is 6.92 Å². The van der Waals surface area contributed by atoms with Gasteiger partial charge in [0.2, 0.25) is 5.91 Å². The third kappa shape index (κ3) is 1.47. The zero-order valence-corrected chi connectivity index (χ0v) is 9.16. The van der Waals surface area contributed by atoms with Crippen molar-refractivity contribution in [3.8, 4) is 0 Å². The molecule has 2 heteroatoms. The van der Waals surface area contributed by atoms with E-state index < -0.39 is 0 Å². The van der Waals surface area contributed by atoms with Gasteiger partial charge in [-0.25, -0.2) is 0 Å². The van der Waals surface area contributed by atoms with E-state index in [2.05, 4.69) is 31.3 Å². The monoisotopic (exact) mass is 193 g/mol. The van der Waals surface area contributed by atoms with Gasteiger partial charge in [0, 0.05) is 13.0 Å². The molecular formula is C12H19NO. The van der Waals surface area contributed by atoms with Crippen molar-refractivity contribution in [1.82, 2.24) is 5.32 Å². The molecule has 4 atom stereocenters. The number of hydrogen-bond donors (Lipinski definition) is 1. The quantitative estimate of drug-likeness (QED) is 0.667. The summed E-state index contributed by atoms with van der Waals surface area (Å²) in [4.78, 5) is 11.1. The highest BCUT2D eigenvalue weighted by Crippen LogP contribution is 2.46. The van der Waals surface area contributed by atoms with Gasteiger partial charge in [-0.1, -0.05) is 26.0 Å². The third-order valence-electron chi connectivity index (χ3n) is 3.66. The first kappa shape index (κ1) is 9.75. The summed E-state index contributed by atoms with van der Waals surface area (Å²) in [5.41, 5.74) is 0. The van der Waals surface area contributed by atoms with Gasteiger partial charge in [0.25, 0.3) is 0 Å². The number of rotatable bonds is 2. The van der Waals surface area contributed by atoms with Crippen molar-refractivity contribution in [3.63, 3.8) is 0 Å². The van der Waals surface area contributed by atoms with Crippen molar-refractivity contribution in [1.29, 1.82) is 0 Å². The van der Waals surface area contributed by atoms with Gasteiger partial charge in [-0.15, -0.1) is 0 Å². The largest absolute Gasteiger partial charge is 0.353 e. The SMILES string of the molecule is CC(=O)N[C@H]1C(C(C)C)[C@H]2C=C[C@@H]1C2. The molecule has 1 N–H and O–H groups in total.